The van der Waals surface area contributed by atoms with Crippen LogP contribution in [0.4, 0.5) is 0 Å². The monoisotopic (exact) mass is 195 g/mol. The topological polar surface area (TPSA) is 0 Å². The van der Waals surface area contributed by atoms with Gasteiger partial charge in [-0.1, -0.05) is 64.5 Å². The first-order valence-electron chi connectivity index (χ1n) is 6.34. The van der Waals surface area contributed by atoms with Gasteiger partial charge in [0.2, 0.25) is 0 Å². The zero-order valence-corrected chi connectivity index (χ0v) is 10.1. The van der Waals surface area contributed by atoms with Crippen LogP contribution in [0.3, 0.4) is 0 Å². The summed E-state index contributed by atoms with van der Waals surface area (Å²) in [5.41, 5.74) is 0. The van der Waals surface area contributed by atoms with Gasteiger partial charge in [-0.2, -0.15) is 0 Å². The number of hydrogen-bond donors (Lipinski definition) is 0. The Balaban J connectivity index is 2.94. The van der Waals surface area contributed by atoms with Crippen LogP contribution in [-0.4, -0.2) is 0 Å². The fourth-order valence-corrected chi connectivity index (χ4v) is 1.52. The van der Waals surface area contributed by atoms with Gasteiger partial charge in [-0.05, 0) is 25.7 Å². The Bertz CT molecular complexity index is 113. The summed E-state index contributed by atoms with van der Waals surface area (Å²) >= 11 is 0. The molecule has 0 spiro atoms. The van der Waals surface area contributed by atoms with Crippen LogP contribution in [0.2, 0.25) is 0 Å². The van der Waals surface area contributed by atoms with E-state index in [0.717, 1.165) is 0 Å². The van der Waals surface area contributed by atoms with Crippen LogP contribution in [0.5, 0.6) is 0 Å². The standard InChI is InChI=1S/C14H27/c1-3-5-7-9-11-13-14-12-10-8-6-4-2/h3,10,12H,4-9,11,13-14H2,1-2H3/b12-10+. The largest absolute Gasteiger partial charge is 0.0885 e. The van der Waals surface area contributed by atoms with Gasteiger partial charge in [0.15, 0.2) is 0 Å². The highest BCUT2D eigenvalue weighted by Crippen LogP contribution is 2.07. The van der Waals surface area contributed by atoms with Gasteiger partial charge in [-0.15, -0.1) is 0 Å². The van der Waals surface area contributed by atoms with Crippen LogP contribution in [-0.2, 0) is 0 Å². The lowest BCUT2D eigenvalue weighted by molar-refractivity contribution is 0.642. The second kappa shape index (κ2) is 12.7. The molecule has 0 aromatic carbocycles. The molecular formula is C14H27. The lowest BCUT2D eigenvalue weighted by Crippen LogP contribution is -1.78. The van der Waals surface area contributed by atoms with E-state index >= 15 is 0 Å². The van der Waals surface area contributed by atoms with Crippen LogP contribution in [0.1, 0.15) is 71.6 Å². The summed E-state index contributed by atoms with van der Waals surface area (Å²) in [6.45, 7) is 4.40. The van der Waals surface area contributed by atoms with E-state index in [1.54, 1.807) is 0 Å². The predicted octanol–water partition coefficient (Wildman–Crippen LogP) is 5.30. The van der Waals surface area contributed by atoms with Gasteiger partial charge in [0.05, 0.1) is 0 Å². The zero-order chi connectivity index (χ0) is 10.5. The average molecular weight is 195 g/mol. The number of unbranched alkanes of at least 4 members (excludes halogenated alkanes) is 8. The van der Waals surface area contributed by atoms with Crippen molar-refractivity contribution in [1.29, 1.82) is 0 Å². The SMILES string of the molecule is C[CH]CCCCCC/C=C/CCCC. The molecule has 0 fully saturated rings. The summed E-state index contributed by atoms with van der Waals surface area (Å²) in [6.07, 6.45) is 19.1. The highest BCUT2D eigenvalue weighted by Gasteiger charge is 1.87. The molecule has 0 aromatic rings. The summed E-state index contributed by atoms with van der Waals surface area (Å²) < 4.78 is 0. The third kappa shape index (κ3) is 11.7. The van der Waals surface area contributed by atoms with Crippen LogP contribution in [0.15, 0.2) is 12.2 Å². The van der Waals surface area contributed by atoms with Gasteiger partial charge in [0.25, 0.3) is 0 Å². The maximum Gasteiger partial charge on any atom is -0.0351 e. The van der Waals surface area contributed by atoms with Crippen molar-refractivity contribution in [3.8, 4) is 0 Å². The van der Waals surface area contributed by atoms with Crippen molar-refractivity contribution in [3.63, 3.8) is 0 Å². The smallest absolute Gasteiger partial charge is 0.0351 e. The van der Waals surface area contributed by atoms with Crippen molar-refractivity contribution < 1.29 is 0 Å². The van der Waals surface area contributed by atoms with Crippen LogP contribution < -0.4 is 0 Å². The highest BCUT2D eigenvalue weighted by molar-refractivity contribution is 4.81. The van der Waals surface area contributed by atoms with E-state index in [9.17, 15) is 0 Å². The fourth-order valence-electron chi connectivity index (χ4n) is 1.52. The molecular weight excluding hydrogens is 168 g/mol. The van der Waals surface area contributed by atoms with Gasteiger partial charge < -0.3 is 0 Å². The average Bonchev–Trinajstić information content (AvgIpc) is 2.21. The minimum Gasteiger partial charge on any atom is -0.0885 e. The molecule has 0 N–H and O–H groups in total. The second-order valence-corrected chi connectivity index (χ2v) is 4.01. The lowest BCUT2D eigenvalue weighted by Gasteiger charge is -1.97. The lowest BCUT2D eigenvalue weighted by atomic mass is 10.1. The molecule has 0 amide bonds. The summed E-state index contributed by atoms with van der Waals surface area (Å²) in [5.74, 6) is 0. The molecule has 0 aliphatic carbocycles. The molecule has 0 aromatic heterocycles. The van der Waals surface area contributed by atoms with E-state index < -0.39 is 0 Å². The molecule has 0 saturated carbocycles. The van der Waals surface area contributed by atoms with E-state index in [-0.39, 0.29) is 0 Å². The molecule has 1 radical (unpaired) electrons. The number of hydrogen-bond acceptors (Lipinski definition) is 0. The van der Waals surface area contributed by atoms with E-state index in [0.29, 0.717) is 0 Å². The Hall–Kier alpha value is -0.260. The predicted molar refractivity (Wildman–Crippen MR) is 66.3 cm³/mol. The molecule has 0 atom stereocenters. The molecule has 0 unspecified atom stereocenters. The summed E-state index contributed by atoms with van der Waals surface area (Å²) in [6, 6.07) is 0. The first kappa shape index (κ1) is 13.7. The van der Waals surface area contributed by atoms with Crippen molar-refractivity contribution in [2.45, 2.75) is 71.6 Å². The first-order chi connectivity index (χ1) is 6.91. The van der Waals surface area contributed by atoms with Gasteiger partial charge in [-0.3, -0.25) is 0 Å². The summed E-state index contributed by atoms with van der Waals surface area (Å²) in [4.78, 5) is 0. The van der Waals surface area contributed by atoms with Crippen molar-refractivity contribution in [2.75, 3.05) is 0 Å². The molecule has 0 heterocycles. The quantitative estimate of drug-likeness (QED) is 0.328. The van der Waals surface area contributed by atoms with Crippen molar-refractivity contribution in [2.24, 2.45) is 0 Å². The van der Waals surface area contributed by atoms with Crippen molar-refractivity contribution in [3.05, 3.63) is 18.6 Å². The Morgan fingerprint density at radius 3 is 1.86 bits per heavy atom. The van der Waals surface area contributed by atoms with Crippen molar-refractivity contribution in [1.82, 2.24) is 0 Å². The second-order valence-electron chi connectivity index (χ2n) is 4.01. The molecule has 0 rings (SSSR count). The highest BCUT2D eigenvalue weighted by atomic mass is 13.9. The molecule has 0 saturated heterocycles. The van der Waals surface area contributed by atoms with Gasteiger partial charge in [0, 0.05) is 0 Å². The minimum atomic E-state index is 1.28. The van der Waals surface area contributed by atoms with E-state index in [1.165, 1.54) is 57.8 Å². The van der Waals surface area contributed by atoms with Gasteiger partial charge >= 0.3 is 0 Å². The van der Waals surface area contributed by atoms with Gasteiger partial charge in [0.1, 0.15) is 0 Å². The first-order valence-corrected chi connectivity index (χ1v) is 6.34. The molecule has 0 aliphatic rings. The van der Waals surface area contributed by atoms with Crippen molar-refractivity contribution >= 4 is 0 Å². The molecule has 0 bridgehead atoms. The normalized spacial score (nSPS) is 11.3. The Morgan fingerprint density at radius 2 is 1.29 bits per heavy atom. The van der Waals surface area contributed by atoms with E-state index in [2.05, 4.69) is 32.4 Å². The number of allylic oxidation sites excluding steroid dienone is 2. The third-order valence-corrected chi connectivity index (χ3v) is 2.50. The molecule has 0 nitrogen and oxygen atoms in total. The molecule has 14 heavy (non-hydrogen) atoms. The van der Waals surface area contributed by atoms with E-state index in [1.807, 2.05) is 0 Å². The molecule has 0 aliphatic heterocycles. The van der Waals surface area contributed by atoms with Crippen LogP contribution >= 0.6 is 0 Å². The molecule has 83 valence electrons. The summed E-state index contributed by atoms with van der Waals surface area (Å²) in [7, 11) is 0. The maximum atomic E-state index is 2.36. The van der Waals surface area contributed by atoms with Gasteiger partial charge in [-0.25, -0.2) is 0 Å². The maximum absolute atomic E-state index is 2.36. The third-order valence-electron chi connectivity index (χ3n) is 2.50. The zero-order valence-electron chi connectivity index (χ0n) is 10.1. The fraction of sp³-hybridized carbons (Fsp3) is 0.786. The Labute approximate surface area is 90.8 Å². The summed E-state index contributed by atoms with van der Waals surface area (Å²) in [5, 5.41) is 0. The minimum absolute atomic E-state index is 1.28. The Morgan fingerprint density at radius 1 is 0.714 bits per heavy atom. The number of rotatable bonds is 10. The Kier molecular flexibility index (Phi) is 12.5. The molecule has 0 heteroatoms. The van der Waals surface area contributed by atoms with E-state index in [4.69, 9.17) is 0 Å². The van der Waals surface area contributed by atoms with Crippen LogP contribution in [0, 0.1) is 6.42 Å². The van der Waals surface area contributed by atoms with Crippen LogP contribution in [0.25, 0.3) is 0 Å².